The molecule has 0 fully saturated rings. The van der Waals surface area contributed by atoms with Gasteiger partial charge in [0.1, 0.15) is 0 Å². The highest BCUT2D eigenvalue weighted by Gasteiger charge is 2.16. The highest BCUT2D eigenvalue weighted by atomic mass is 79.9. The number of halogens is 2. The minimum Gasteiger partial charge on any atom is -0.329 e. The molecular weight excluding hydrogens is 312 g/mol. The second kappa shape index (κ2) is 7.49. The molecule has 0 aliphatic carbocycles. The first-order chi connectivity index (χ1) is 8.45. The number of likely N-dealkylation sites (N-methyl/N-ethyl adjacent to an activating group) is 1. The van der Waals surface area contributed by atoms with Crippen molar-refractivity contribution in [1.29, 1.82) is 0 Å². The van der Waals surface area contributed by atoms with Crippen molar-refractivity contribution in [1.82, 2.24) is 4.90 Å². The molecule has 1 atom stereocenters. The van der Waals surface area contributed by atoms with Gasteiger partial charge in [-0.3, -0.25) is 4.90 Å². The molecule has 0 heterocycles. The van der Waals surface area contributed by atoms with Crippen LogP contribution in [0.5, 0.6) is 0 Å². The summed E-state index contributed by atoms with van der Waals surface area (Å²) < 4.78 is 0.928. The fourth-order valence-corrected chi connectivity index (χ4v) is 2.42. The van der Waals surface area contributed by atoms with Gasteiger partial charge in [-0.25, -0.2) is 0 Å². The summed E-state index contributed by atoms with van der Waals surface area (Å²) in [4.78, 5) is 2.32. The van der Waals surface area contributed by atoms with Crippen LogP contribution in [0.3, 0.4) is 0 Å². The standard InChI is InChI=1S/C14H22BrClN2/c1-10(2)6-7-18(3)14(9-17)11-4-5-13(16)12(15)8-11/h4-5,8,10,14H,6-7,9,17H2,1-3H3. The van der Waals surface area contributed by atoms with E-state index in [1.807, 2.05) is 6.07 Å². The van der Waals surface area contributed by atoms with Crippen LogP contribution in [0.15, 0.2) is 22.7 Å². The summed E-state index contributed by atoms with van der Waals surface area (Å²) in [5.74, 6) is 0.711. The van der Waals surface area contributed by atoms with Gasteiger partial charge in [-0.15, -0.1) is 0 Å². The lowest BCUT2D eigenvalue weighted by Gasteiger charge is -2.28. The Labute approximate surface area is 124 Å². The Balaban J connectivity index is 2.78. The third kappa shape index (κ3) is 4.54. The van der Waals surface area contributed by atoms with Gasteiger partial charge >= 0.3 is 0 Å². The quantitative estimate of drug-likeness (QED) is 0.850. The molecule has 102 valence electrons. The molecule has 1 unspecified atom stereocenters. The Bertz CT molecular complexity index is 382. The van der Waals surface area contributed by atoms with Crippen LogP contribution in [0.2, 0.25) is 5.02 Å². The molecule has 0 amide bonds. The molecule has 0 aromatic heterocycles. The first-order valence-corrected chi connectivity index (χ1v) is 7.48. The minimum absolute atomic E-state index is 0.248. The minimum atomic E-state index is 0.248. The smallest absolute Gasteiger partial charge is 0.0548 e. The summed E-state index contributed by atoms with van der Waals surface area (Å²) in [6.45, 7) is 6.15. The van der Waals surface area contributed by atoms with Crippen molar-refractivity contribution in [2.24, 2.45) is 11.7 Å². The second-order valence-corrected chi connectivity index (χ2v) is 6.35. The second-order valence-electron chi connectivity index (χ2n) is 5.09. The molecule has 0 saturated heterocycles. The molecule has 2 nitrogen and oxygen atoms in total. The summed E-state index contributed by atoms with van der Waals surface area (Å²) in [5.41, 5.74) is 7.12. The van der Waals surface area contributed by atoms with E-state index >= 15 is 0 Å². The highest BCUT2D eigenvalue weighted by Crippen LogP contribution is 2.28. The maximum absolute atomic E-state index is 6.02. The molecule has 0 bridgehead atoms. The molecule has 0 radical (unpaired) electrons. The van der Waals surface area contributed by atoms with Crippen LogP contribution in [0, 0.1) is 5.92 Å². The van der Waals surface area contributed by atoms with E-state index in [1.165, 1.54) is 12.0 Å². The maximum atomic E-state index is 6.02. The van der Waals surface area contributed by atoms with Gasteiger partial charge in [-0.2, -0.15) is 0 Å². The molecule has 18 heavy (non-hydrogen) atoms. The van der Waals surface area contributed by atoms with Crippen molar-refractivity contribution in [3.63, 3.8) is 0 Å². The number of hydrogen-bond donors (Lipinski definition) is 1. The summed E-state index contributed by atoms with van der Waals surface area (Å²) in [5, 5.41) is 0.736. The Morgan fingerprint density at radius 1 is 1.39 bits per heavy atom. The molecule has 0 aliphatic heterocycles. The van der Waals surface area contributed by atoms with Crippen molar-refractivity contribution in [2.45, 2.75) is 26.3 Å². The first-order valence-electron chi connectivity index (χ1n) is 6.31. The predicted molar refractivity (Wildman–Crippen MR) is 83.0 cm³/mol. The van der Waals surface area contributed by atoms with Crippen molar-refractivity contribution < 1.29 is 0 Å². The van der Waals surface area contributed by atoms with Gasteiger partial charge in [0, 0.05) is 17.1 Å². The molecule has 0 saturated carbocycles. The van der Waals surface area contributed by atoms with E-state index < -0.39 is 0 Å². The van der Waals surface area contributed by atoms with Crippen LogP contribution in [-0.2, 0) is 0 Å². The van der Waals surface area contributed by atoms with E-state index in [9.17, 15) is 0 Å². The van der Waals surface area contributed by atoms with Crippen LogP contribution >= 0.6 is 27.5 Å². The highest BCUT2D eigenvalue weighted by molar-refractivity contribution is 9.10. The lowest BCUT2D eigenvalue weighted by Crippen LogP contribution is -2.31. The fourth-order valence-electron chi connectivity index (χ4n) is 1.91. The van der Waals surface area contributed by atoms with Gasteiger partial charge in [-0.1, -0.05) is 31.5 Å². The molecule has 2 N–H and O–H groups in total. The van der Waals surface area contributed by atoms with Gasteiger partial charge < -0.3 is 5.73 Å². The molecule has 1 aromatic carbocycles. The van der Waals surface area contributed by atoms with Crippen LogP contribution < -0.4 is 5.73 Å². The van der Waals surface area contributed by atoms with E-state index in [2.05, 4.69) is 53.9 Å². The Hall–Kier alpha value is -0.0900. The Morgan fingerprint density at radius 3 is 2.56 bits per heavy atom. The van der Waals surface area contributed by atoms with Crippen molar-refractivity contribution in [3.05, 3.63) is 33.3 Å². The molecular formula is C14H22BrClN2. The summed E-state index contributed by atoms with van der Waals surface area (Å²) in [7, 11) is 2.13. The van der Waals surface area contributed by atoms with Gasteiger partial charge in [0.2, 0.25) is 0 Å². The van der Waals surface area contributed by atoms with E-state index in [0.717, 1.165) is 16.0 Å². The van der Waals surface area contributed by atoms with Crippen LogP contribution in [-0.4, -0.2) is 25.0 Å². The van der Waals surface area contributed by atoms with Gasteiger partial charge in [0.05, 0.1) is 5.02 Å². The number of hydrogen-bond acceptors (Lipinski definition) is 2. The van der Waals surface area contributed by atoms with Crippen LogP contribution in [0.1, 0.15) is 31.9 Å². The van der Waals surface area contributed by atoms with E-state index in [-0.39, 0.29) is 6.04 Å². The lowest BCUT2D eigenvalue weighted by molar-refractivity contribution is 0.236. The first kappa shape index (κ1) is 16.0. The van der Waals surface area contributed by atoms with Crippen molar-refractivity contribution >= 4 is 27.5 Å². The third-order valence-electron chi connectivity index (χ3n) is 3.14. The molecule has 0 aliphatic rings. The molecule has 1 aromatic rings. The Kier molecular flexibility index (Phi) is 6.64. The Morgan fingerprint density at radius 2 is 2.06 bits per heavy atom. The van der Waals surface area contributed by atoms with Gasteiger partial charge in [-0.05, 0) is 59.6 Å². The van der Waals surface area contributed by atoms with Gasteiger partial charge in [0.25, 0.3) is 0 Å². The molecule has 4 heteroatoms. The zero-order valence-corrected chi connectivity index (χ0v) is 13.6. The van der Waals surface area contributed by atoms with Crippen molar-refractivity contribution in [2.75, 3.05) is 20.1 Å². The lowest BCUT2D eigenvalue weighted by atomic mass is 10.0. The average Bonchev–Trinajstić information content (AvgIpc) is 2.32. The maximum Gasteiger partial charge on any atom is 0.0548 e. The summed E-state index contributed by atoms with van der Waals surface area (Å²) >= 11 is 9.48. The fraction of sp³-hybridized carbons (Fsp3) is 0.571. The largest absolute Gasteiger partial charge is 0.329 e. The van der Waals surface area contributed by atoms with Crippen LogP contribution in [0.25, 0.3) is 0 Å². The third-order valence-corrected chi connectivity index (χ3v) is 4.36. The van der Waals surface area contributed by atoms with Gasteiger partial charge in [0.15, 0.2) is 0 Å². The van der Waals surface area contributed by atoms with E-state index in [0.29, 0.717) is 12.5 Å². The van der Waals surface area contributed by atoms with Crippen LogP contribution in [0.4, 0.5) is 0 Å². The average molecular weight is 334 g/mol. The monoisotopic (exact) mass is 332 g/mol. The summed E-state index contributed by atoms with van der Waals surface area (Å²) in [6.07, 6.45) is 1.18. The molecule has 0 spiro atoms. The number of rotatable bonds is 6. The van der Waals surface area contributed by atoms with Crippen molar-refractivity contribution in [3.8, 4) is 0 Å². The van der Waals surface area contributed by atoms with E-state index in [4.69, 9.17) is 17.3 Å². The number of nitrogens with zero attached hydrogens (tertiary/aromatic N) is 1. The summed E-state index contributed by atoms with van der Waals surface area (Å²) in [6, 6.07) is 6.28. The number of benzene rings is 1. The number of nitrogens with two attached hydrogens (primary N) is 1. The normalized spacial score (nSPS) is 13.3. The predicted octanol–water partition coefficient (Wildman–Crippen LogP) is 4.08. The zero-order chi connectivity index (χ0) is 13.7. The molecule has 1 rings (SSSR count). The SMILES string of the molecule is CC(C)CCN(C)C(CN)c1ccc(Cl)c(Br)c1. The topological polar surface area (TPSA) is 29.3 Å². The zero-order valence-electron chi connectivity index (χ0n) is 11.3. The van der Waals surface area contributed by atoms with E-state index in [1.54, 1.807) is 0 Å².